The number of rotatable bonds is 9. The van der Waals surface area contributed by atoms with Crippen LogP contribution in [-0.4, -0.2) is 53.2 Å². The predicted octanol–water partition coefficient (Wildman–Crippen LogP) is 5.16. The van der Waals surface area contributed by atoms with Crippen LogP contribution in [0, 0.1) is 15.0 Å². The first-order valence-corrected chi connectivity index (χ1v) is 16.6. The summed E-state index contributed by atoms with van der Waals surface area (Å²) in [6, 6.07) is 10.3. The van der Waals surface area contributed by atoms with Crippen molar-refractivity contribution in [3.63, 3.8) is 0 Å². The molecule has 2 unspecified atom stereocenters. The zero-order valence-corrected chi connectivity index (χ0v) is 26.0. The number of ether oxygens (including phenoxy) is 1. The van der Waals surface area contributed by atoms with Crippen molar-refractivity contribution in [3.05, 3.63) is 75.4 Å². The van der Waals surface area contributed by atoms with Crippen molar-refractivity contribution >= 4 is 32.6 Å². The number of hydrogen-bond donors (Lipinski definition) is 1. The van der Waals surface area contributed by atoms with Crippen molar-refractivity contribution in [1.82, 2.24) is 19.2 Å². The van der Waals surface area contributed by atoms with Crippen LogP contribution in [0.15, 0.2) is 60.3 Å². The molecule has 1 saturated heterocycles. The van der Waals surface area contributed by atoms with Crippen LogP contribution in [0.25, 0.3) is 0 Å². The van der Waals surface area contributed by atoms with Crippen molar-refractivity contribution in [3.8, 4) is 0 Å². The molecule has 3 saturated carbocycles. The minimum absolute atomic E-state index is 0.0922. The molecule has 7 rings (SSSR count). The summed E-state index contributed by atoms with van der Waals surface area (Å²) in [5.74, 6) is 1.22. The third kappa shape index (κ3) is 4.38. The van der Waals surface area contributed by atoms with Gasteiger partial charge in [0, 0.05) is 43.3 Å². The molecule has 4 aliphatic carbocycles. The maximum atomic E-state index is 14.3. The summed E-state index contributed by atoms with van der Waals surface area (Å²) >= 11 is 2.30. The zero-order valence-electron chi connectivity index (χ0n) is 23.1. The third-order valence-corrected chi connectivity index (χ3v) is 12.7. The molecule has 1 aromatic heterocycles. The summed E-state index contributed by atoms with van der Waals surface area (Å²) in [6.07, 6.45) is 11.3. The average Bonchev–Trinajstić information content (AvgIpc) is 3.25. The number of sulfonamides is 1. The van der Waals surface area contributed by atoms with E-state index in [0.29, 0.717) is 39.2 Å². The Morgan fingerprint density at radius 3 is 2.44 bits per heavy atom. The van der Waals surface area contributed by atoms with Gasteiger partial charge in [0.2, 0.25) is 10.0 Å². The molecule has 39 heavy (non-hydrogen) atoms. The van der Waals surface area contributed by atoms with Gasteiger partial charge in [0.25, 0.3) is 0 Å². The first kappa shape index (κ1) is 27.6. The quantitative estimate of drug-likeness (QED) is 0.376. The van der Waals surface area contributed by atoms with E-state index in [2.05, 4.69) is 77.7 Å². The Hall–Kier alpha value is -1.53. The zero-order chi connectivity index (χ0) is 27.5. The lowest BCUT2D eigenvalue weighted by Crippen LogP contribution is -2.78. The van der Waals surface area contributed by atoms with Crippen molar-refractivity contribution in [1.29, 1.82) is 0 Å². The third-order valence-electron chi connectivity index (χ3n) is 9.47. The van der Waals surface area contributed by atoms with E-state index in [4.69, 9.17) is 9.72 Å². The molecule has 5 aliphatic rings. The molecular weight excluding hydrogens is 623 g/mol. The van der Waals surface area contributed by atoms with Crippen LogP contribution in [0.3, 0.4) is 0 Å². The Labute approximate surface area is 246 Å². The van der Waals surface area contributed by atoms with Crippen molar-refractivity contribution in [2.24, 2.45) is 11.3 Å². The molecule has 4 fully saturated rings. The van der Waals surface area contributed by atoms with Gasteiger partial charge in [-0.05, 0) is 66.7 Å². The van der Waals surface area contributed by atoms with E-state index in [1.165, 1.54) is 0 Å². The summed E-state index contributed by atoms with van der Waals surface area (Å²) in [7, 11) is -3.52. The van der Waals surface area contributed by atoms with Gasteiger partial charge in [0.05, 0.1) is 6.61 Å². The van der Waals surface area contributed by atoms with Crippen LogP contribution in [0.4, 0.5) is 0 Å². The molecule has 1 aromatic carbocycles. The fourth-order valence-corrected chi connectivity index (χ4v) is 10.3. The van der Waals surface area contributed by atoms with Gasteiger partial charge in [-0.2, -0.15) is 4.31 Å². The van der Waals surface area contributed by atoms with Gasteiger partial charge >= 0.3 is 0 Å². The van der Waals surface area contributed by atoms with Crippen LogP contribution in [-0.2, 0) is 26.9 Å². The van der Waals surface area contributed by atoms with E-state index in [1.807, 2.05) is 30.4 Å². The van der Waals surface area contributed by atoms with Crippen molar-refractivity contribution in [2.75, 3.05) is 26.2 Å². The highest BCUT2D eigenvalue weighted by Gasteiger charge is 2.79. The Balaban J connectivity index is 1.29. The minimum Gasteiger partial charge on any atom is -0.365 e. The van der Waals surface area contributed by atoms with Gasteiger partial charge in [-0.15, -0.1) is 0 Å². The summed E-state index contributed by atoms with van der Waals surface area (Å²) in [6.45, 7) is 9.46. The fraction of sp³-hybridized carbons (Fsp3) is 0.567. The summed E-state index contributed by atoms with van der Waals surface area (Å²) in [4.78, 5) is 4.97. The number of aromatic nitrogens is 2. The van der Waals surface area contributed by atoms with Crippen molar-refractivity contribution in [2.45, 2.75) is 69.5 Å². The molecule has 2 aromatic rings. The van der Waals surface area contributed by atoms with Gasteiger partial charge in [0.1, 0.15) is 20.4 Å². The first-order valence-electron chi connectivity index (χ1n) is 14.1. The summed E-state index contributed by atoms with van der Waals surface area (Å²) < 4.78 is 39.4. The molecular formula is C30H39IN4O3S. The maximum absolute atomic E-state index is 14.3. The van der Waals surface area contributed by atoms with E-state index in [-0.39, 0.29) is 23.0 Å². The number of imidazole rings is 1. The molecule has 1 aliphatic heterocycles. The topological polar surface area (TPSA) is 76.5 Å². The van der Waals surface area contributed by atoms with Crippen LogP contribution in [0.1, 0.15) is 63.9 Å². The van der Waals surface area contributed by atoms with Crippen LogP contribution >= 0.6 is 22.6 Å². The number of nitrogens with zero attached hydrogens (tertiary/aromatic N) is 3. The standard InChI is InChI=1S/C30H39IN4O3S/c1-22(2)26(38-18-24-7-5-4-6-8-24)27-33-25(31)17-35(27)29-19-28(20-29,21-29)30(11-9-23(3)10-12-30)39(36,37)34-15-13-32-14-16-34/h4-11,17,22,26,32H,12-16,18-21H2,1-3H3. The minimum atomic E-state index is -3.52. The predicted molar refractivity (Wildman–Crippen MR) is 162 cm³/mol. The molecule has 0 spiro atoms. The monoisotopic (exact) mass is 662 g/mol. The molecule has 0 amide bonds. The second-order valence-corrected chi connectivity index (χ2v) is 15.6. The average molecular weight is 663 g/mol. The number of nitrogens with one attached hydrogen (secondary N) is 1. The van der Waals surface area contributed by atoms with Crippen LogP contribution < -0.4 is 5.32 Å². The van der Waals surface area contributed by atoms with Gasteiger partial charge in [-0.1, -0.05) is 68.0 Å². The number of allylic oxidation sites excluding steroid dienone is 3. The molecule has 7 nitrogen and oxygen atoms in total. The number of benzene rings is 1. The lowest BCUT2D eigenvalue weighted by molar-refractivity contribution is -0.206. The second kappa shape index (κ2) is 10.1. The highest BCUT2D eigenvalue weighted by molar-refractivity contribution is 14.1. The summed E-state index contributed by atoms with van der Waals surface area (Å²) in [5, 5.41) is 3.30. The van der Waals surface area contributed by atoms with Gasteiger partial charge < -0.3 is 14.6 Å². The lowest BCUT2D eigenvalue weighted by atomic mass is 9.34. The van der Waals surface area contributed by atoms with Crippen molar-refractivity contribution < 1.29 is 13.2 Å². The molecule has 210 valence electrons. The SMILES string of the molecule is CC1=CCC(C23CC(n4cc(I)nc4C(OCc4ccccc4)C(C)C)(C2)C3)(S(=O)(=O)N2CCNCC2)C=C1. The number of piperazine rings is 1. The molecule has 0 radical (unpaired) electrons. The van der Waals surface area contributed by atoms with E-state index in [9.17, 15) is 8.42 Å². The number of halogens is 1. The van der Waals surface area contributed by atoms with E-state index in [0.717, 1.165) is 39.9 Å². The Kier molecular flexibility index (Phi) is 7.14. The van der Waals surface area contributed by atoms with Gasteiger partial charge in [-0.3, -0.25) is 0 Å². The smallest absolute Gasteiger partial charge is 0.224 e. The molecule has 2 heterocycles. The van der Waals surface area contributed by atoms with Crippen LogP contribution in [0.2, 0.25) is 0 Å². The second-order valence-electron chi connectivity index (χ2n) is 12.3. The Morgan fingerprint density at radius 2 is 1.82 bits per heavy atom. The lowest BCUT2D eigenvalue weighted by Gasteiger charge is -2.76. The summed E-state index contributed by atoms with van der Waals surface area (Å²) in [5.41, 5.74) is 1.94. The largest absolute Gasteiger partial charge is 0.365 e. The van der Waals surface area contributed by atoms with Gasteiger partial charge in [0.15, 0.2) is 0 Å². The molecule has 2 bridgehead atoms. The highest BCUT2D eigenvalue weighted by Crippen LogP contribution is 2.78. The molecule has 1 N–H and O–H groups in total. The Bertz CT molecular complexity index is 1370. The fourth-order valence-electron chi connectivity index (χ4n) is 7.40. The number of hydrogen-bond acceptors (Lipinski definition) is 5. The molecule has 2 atom stereocenters. The first-order chi connectivity index (χ1) is 18.6. The molecule has 9 heteroatoms. The van der Waals surface area contributed by atoms with E-state index in [1.54, 1.807) is 4.31 Å². The Morgan fingerprint density at radius 1 is 1.13 bits per heavy atom. The van der Waals surface area contributed by atoms with E-state index < -0.39 is 14.8 Å². The van der Waals surface area contributed by atoms with Gasteiger partial charge in [-0.25, -0.2) is 13.4 Å². The van der Waals surface area contributed by atoms with Crippen LogP contribution in [0.5, 0.6) is 0 Å². The van der Waals surface area contributed by atoms with E-state index >= 15 is 0 Å². The highest BCUT2D eigenvalue weighted by atomic mass is 127. The normalized spacial score (nSPS) is 31.5. The maximum Gasteiger partial charge on any atom is 0.224 e.